The maximum absolute atomic E-state index is 11.9. The number of nitrogens with two attached hydrogens (primary N) is 1. The van der Waals surface area contributed by atoms with Gasteiger partial charge in [-0.05, 0) is 46.3 Å². The van der Waals surface area contributed by atoms with Crippen molar-refractivity contribution in [1.29, 1.82) is 0 Å². The van der Waals surface area contributed by atoms with Crippen molar-refractivity contribution in [3.8, 4) is 0 Å². The molecular weight excluding hydrogens is 364 g/mol. The molecule has 3 N–H and O–H groups in total. The van der Waals surface area contributed by atoms with E-state index >= 15 is 0 Å². The molecular formula is C12H10Br2N2O2. The Morgan fingerprint density at radius 3 is 2.72 bits per heavy atom. The number of halogens is 2. The van der Waals surface area contributed by atoms with Crippen molar-refractivity contribution in [3.05, 3.63) is 50.8 Å². The van der Waals surface area contributed by atoms with Gasteiger partial charge in [-0.25, -0.2) is 0 Å². The number of nitrogens with one attached hydrogen (secondary N) is 1. The van der Waals surface area contributed by atoms with Crippen molar-refractivity contribution < 1.29 is 9.21 Å². The van der Waals surface area contributed by atoms with E-state index in [0.29, 0.717) is 11.4 Å². The summed E-state index contributed by atoms with van der Waals surface area (Å²) in [6.45, 7) is 0.272. The minimum Gasteiger partial charge on any atom is -0.455 e. The van der Waals surface area contributed by atoms with E-state index in [0.717, 1.165) is 8.95 Å². The second-order valence-electron chi connectivity index (χ2n) is 3.55. The van der Waals surface area contributed by atoms with Crippen molar-refractivity contribution in [1.82, 2.24) is 0 Å². The third kappa shape index (κ3) is 3.01. The lowest BCUT2D eigenvalue weighted by atomic mass is 10.3. The highest BCUT2D eigenvalue weighted by Gasteiger charge is 2.12. The molecule has 18 heavy (non-hydrogen) atoms. The number of anilines is 1. The summed E-state index contributed by atoms with van der Waals surface area (Å²) in [5.74, 6) is 0.504. The highest BCUT2D eigenvalue weighted by Crippen LogP contribution is 2.26. The molecule has 2 rings (SSSR count). The summed E-state index contributed by atoms with van der Waals surface area (Å²) < 4.78 is 6.95. The third-order valence-corrected chi connectivity index (χ3v) is 3.45. The minimum atomic E-state index is -0.312. The van der Waals surface area contributed by atoms with E-state index in [1.54, 1.807) is 18.2 Å². The molecule has 0 fully saturated rings. The average Bonchev–Trinajstić information content (AvgIpc) is 2.82. The maximum Gasteiger partial charge on any atom is 0.291 e. The summed E-state index contributed by atoms with van der Waals surface area (Å²) in [6, 6.07) is 8.80. The van der Waals surface area contributed by atoms with Crippen LogP contribution in [0.2, 0.25) is 0 Å². The molecule has 0 saturated carbocycles. The van der Waals surface area contributed by atoms with E-state index < -0.39 is 0 Å². The van der Waals surface area contributed by atoms with Crippen LogP contribution in [0.3, 0.4) is 0 Å². The van der Waals surface area contributed by atoms with Gasteiger partial charge in [0.25, 0.3) is 5.91 Å². The van der Waals surface area contributed by atoms with Crippen LogP contribution in [0.5, 0.6) is 0 Å². The van der Waals surface area contributed by atoms with Crippen LogP contribution in [0.4, 0.5) is 5.69 Å². The predicted octanol–water partition coefficient (Wildman–Crippen LogP) is 3.52. The number of rotatable bonds is 3. The van der Waals surface area contributed by atoms with Gasteiger partial charge >= 0.3 is 0 Å². The van der Waals surface area contributed by atoms with Crippen molar-refractivity contribution in [3.63, 3.8) is 0 Å². The zero-order chi connectivity index (χ0) is 13.1. The fourth-order valence-electron chi connectivity index (χ4n) is 1.39. The van der Waals surface area contributed by atoms with E-state index in [1.165, 1.54) is 0 Å². The number of carbonyl (C=O) groups excluding carboxylic acids is 1. The lowest BCUT2D eigenvalue weighted by Gasteiger charge is -2.06. The predicted molar refractivity (Wildman–Crippen MR) is 76.4 cm³/mol. The second-order valence-corrected chi connectivity index (χ2v) is 5.32. The Hall–Kier alpha value is -1.11. The summed E-state index contributed by atoms with van der Waals surface area (Å²) in [7, 11) is 0. The van der Waals surface area contributed by atoms with Crippen LogP contribution in [0, 0.1) is 0 Å². The number of hydrogen-bond donors (Lipinski definition) is 2. The van der Waals surface area contributed by atoms with Gasteiger partial charge < -0.3 is 15.5 Å². The normalized spacial score (nSPS) is 10.4. The first-order valence-electron chi connectivity index (χ1n) is 5.15. The van der Waals surface area contributed by atoms with Crippen LogP contribution in [-0.4, -0.2) is 5.91 Å². The fourth-order valence-corrected chi connectivity index (χ4v) is 2.09. The molecule has 1 amide bonds. The van der Waals surface area contributed by atoms with Gasteiger partial charge in [0.05, 0.1) is 12.2 Å². The number of benzene rings is 1. The Morgan fingerprint density at radius 2 is 2.06 bits per heavy atom. The van der Waals surface area contributed by atoms with E-state index in [-0.39, 0.29) is 18.2 Å². The average molecular weight is 374 g/mol. The quantitative estimate of drug-likeness (QED) is 0.864. The van der Waals surface area contributed by atoms with Gasteiger partial charge in [0.1, 0.15) is 5.76 Å². The van der Waals surface area contributed by atoms with Crippen molar-refractivity contribution in [2.75, 3.05) is 5.32 Å². The highest BCUT2D eigenvalue weighted by atomic mass is 79.9. The van der Waals surface area contributed by atoms with Gasteiger partial charge in [0.15, 0.2) is 5.76 Å². The largest absolute Gasteiger partial charge is 0.455 e. The first kappa shape index (κ1) is 13.3. The summed E-state index contributed by atoms with van der Waals surface area (Å²) in [6.07, 6.45) is 0. The second kappa shape index (κ2) is 5.69. The Kier molecular flexibility index (Phi) is 4.21. The third-order valence-electron chi connectivity index (χ3n) is 2.26. The van der Waals surface area contributed by atoms with E-state index in [1.807, 2.05) is 12.1 Å². The number of hydrogen-bond acceptors (Lipinski definition) is 3. The van der Waals surface area contributed by atoms with Gasteiger partial charge in [-0.15, -0.1) is 0 Å². The molecule has 0 aliphatic heterocycles. The smallest absolute Gasteiger partial charge is 0.291 e. The molecule has 4 nitrogen and oxygen atoms in total. The van der Waals surface area contributed by atoms with Gasteiger partial charge in [0.2, 0.25) is 0 Å². The van der Waals surface area contributed by atoms with Crippen LogP contribution >= 0.6 is 31.9 Å². The monoisotopic (exact) mass is 372 g/mol. The molecule has 1 aromatic carbocycles. The molecule has 0 aliphatic rings. The first-order chi connectivity index (χ1) is 8.60. The first-order valence-corrected chi connectivity index (χ1v) is 6.74. The molecule has 0 aliphatic carbocycles. The van der Waals surface area contributed by atoms with Crippen molar-refractivity contribution in [2.24, 2.45) is 5.73 Å². The number of amides is 1. The van der Waals surface area contributed by atoms with Gasteiger partial charge in [0, 0.05) is 8.95 Å². The molecule has 94 valence electrons. The lowest BCUT2D eigenvalue weighted by Crippen LogP contribution is -2.11. The van der Waals surface area contributed by atoms with Gasteiger partial charge in [-0.1, -0.05) is 15.9 Å². The summed E-state index contributed by atoms with van der Waals surface area (Å²) >= 11 is 6.71. The number of carbonyl (C=O) groups is 1. The molecule has 6 heteroatoms. The SMILES string of the molecule is NCc1ccc(C(=O)Nc2cc(Br)ccc2Br)o1. The molecule has 0 bridgehead atoms. The zero-order valence-electron chi connectivity index (χ0n) is 9.24. The Bertz CT molecular complexity index is 581. The molecule has 1 heterocycles. The van der Waals surface area contributed by atoms with Gasteiger partial charge in [-0.2, -0.15) is 0 Å². The topological polar surface area (TPSA) is 68.3 Å². The Morgan fingerprint density at radius 1 is 1.28 bits per heavy atom. The molecule has 0 unspecified atom stereocenters. The van der Waals surface area contributed by atoms with E-state index in [2.05, 4.69) is 37.2 Å². The van der Waals surface area contributed by atoms with Crippen LogP contribution in [0.1, 0.15) is 16.3 Å². The Balaban J connectivity index is 2.18. The summed E-state index contributed by atoms with van der Waals surface area (Å²) in [5, 5.41) is 2.75. The molecule has 0 saturated heterocycles. The molecule has 0 atom stereocenters. The molecule has 1 aromatic heterocycles. The van der Waals surface area contributed by atoms with Crippen LogP contribution in [0.25, 0.3) is 0 Å². The summed E-state index contributed by atoms with van der Waals surface area (Å²) in [5.41, 5.74) is 6.09. The zero-order valence-corrected chi connectivity index (χ0v) is 12.4. The molecule has 2 aromatic rings. The minimum absolute atomic E-state index is 0.238. The maximum atomic E-state index is 11.9. The molecule has 0 spiro atoms. The lowest BCUT2D eigenvalue weighted by molar-refractivity contribution is 0.0995. The Labute approximate surface area is 121 Å². The van der Waals surface area contributed by atoms with E-state index in [9.17, 15) is 4.79 Å². The summed E-state index contributed by atoms with van der Waals surface area (Å²) in [4.78, 5) is 11.9. The van der Waals surface area contributed by atoms with E-state index in [4.69, 9.17) is 10.2 Å². The van der Waals surface area contributed by atoms with Crippen LogP contribution in [-0.2, 0) is 6.54 Å². The van der Waals surface area contributed by atoms with Crippen LogP contribution in [0.15, 0.2) is 43.7 Å². The number of furan rings is 1. The highest BCUT2D eigenvalue weighted by molar-refractivity contribution is 9.11. The van der Waals surface area contributed by atoms with Crippen LogP contribution < -0.4 is 11.1 Å². The molecule has 0 radical (unpaired) electrons. The van der Waals surface area contributed by atoms with Gasteiger partial charge in [-0.3, -0.25) is 4.79 Å². The standard InChI is InChI=1S/C12H10Br2N2O2/c13-7-1-3-9(14)10(5-7)16-12(17)11-4-2-8(6-15)18-11/h1-5H,6,15H2,(H,16,17). The fraction of sp³-hybridized carbons (Fsp3) is 0.0833. The van der Waals surface area contributed by atoms with Crippen molar-refractivity contribution >= 4 is 43.5 Å². The van der Waals surface area contributed by atoms with Crippen molar-refractivity contribution in [2.45, 2.75) is 6.54 Å².